The van der Waals surface area contributed by atoms with E-state index in [0.717, 1.165) is 27.7 Å². The fourth-order valence-corrected chi connectivity index (χ4v) is 2.42. The molecule has 0 unspecified atom stereocenters. The number of aromatic nitrogens is 3. The van der Waals surface area contributed by atoms with E-state index < -0.39 is 0 Å². The first-order chi connectivity index (χ1) is 9.42. The Labute approximate surface area is 110 Å². The summed E-state index contributed by atoms with van der Waals surface area (Å²) in [7, 11) is 0. The number of aromatic amines is 1. The number of pyridine rings is 2. The van der Waals surface area contributed by atoms with Crippen molar-refractivity contribution in [3.8, 4) is 11.3 Å². The zero-order valence-electron chi connectivity index (χ0n) is 10.2. The first-order valence-corrected chi connectivity index (χ1v) is 6.19. The van der Waals surface area contributed by atoms with E-state index in [0.29, 0.717) is 0 Å². The molecule has 3 nitrogen and oxygen atoms in total. The highest BCUT2D eigenvalue weighted by atomic mass is 14.8. The van der Waals surface area contributed by atoms with E-state index in [9.17, 15) is 0 Å². The van der Waals surface area contributed by atoms with E-state index in [1.54, 1.807) is 0 Å². The molecular weight excluding hydrogens is 234 g/mol. The highest BCUT2D eigenvalue weighted by Crippen LogP contribution is 2.27. The molecule has 0 fully saturated rings. The molecule has 0 saturated heterocycles. The maximum absolute atomic E-state index is 4.57. The maximum atomic E-state index is 4.57. The second-order valence-corrected chi connectivity index (χ2v) is 4.52. The largest absolute Gasteiger partial charge is 0.346 e. The lowest BCUT2D eigenvalue weighted by Crippen LogP contribution is -1.86. The van der Waals surface area contributed by atoms with Crippen LogP contribution in [0.4, 0.5) is 0 Å². The molecule has 4 aromatic rings. The monoisotopic (exact) mass is 245 g/mol. The topological polar surface area (TPSA) is 41.6 Å². The molecule has 3 heteroatoms. The fourth-order valence-electron chi connectivity index (χ4n) is 2.42. The van der Waals surface area contributed by atoms with Gasteiger partial charge in [0.2, 0.25) is 0 Å². The Hall–Kier alpha value is -2.68. The van der Waals surface area contributed by atoms with Crippen molar-refractivity contribution in [1.29, 1.82) is 0 Å². The summed E-state index contributed by atoms with van der Waals surface area (Å²) in [6.07, 6.45) is 5.64. The van der Waals surface area contributed by atoms with Crippen molar-refractivity contribution >= 4 is 21.8 Å². The normalized spacial score (nSPS) is 11.2. The van der Waals surface area contributed by atoms with Gasteiger partial charge in [0.25, 0.3) is 0 Å². The molecule has 0 aliphatic carbocycles. The van der Waals surface area contributed by atoms with E-state index in [1.807, 2.05) is 42.9 Å². The van der Waals surface area contributed by atoms with E-state index in [1.165, 1.54) is 5.39 Å². The van der Waals surface area contributed by atoms with Crippen LogP contribution in [0.2, 0.25) is 0 Å². The van der Waals surface area contributed by atoms with Gasteiger partial charge in [-0.3, -0.25) is 4.98 Å². The van der Waals surface area contributed by atoms with Crippen LogP contribution in [0.25, 0.3) is 33.1 Å². The quantitative estimate of drug-likeness (QED) is 0.554. The Morgan fingerprint density at radius 2 is 1.79 bits per heavy atom. The summed E-state index contributed by atoms with van der Waals surface area (Å²) in [4.78, 5) is 12.0. The maximum Gasteiger partial charge on any atom is 0.137 e. The first-order valence-electron chi connectivity index (χ1n) is 6.19. The second kappa shape index (κ2) is 3.92. The lowest BCUT2D eigenvalue weighted by molar-refractivity contribution is 1.31. The number of benzene rings is 1. The third kappa shape index (κ3) is 1.59. The molecule has 3 heterocycles. The summed E-state index contributed by atoms with van der Waals surface area (Å²) >= 11 is 0. The van der Waals surface area contributed by atoms with Crippen LogP contribution in [0, 0.1) is 0 Å². The van der Waals surface area contributed by atoms with Crippen LogP contribution in [0.5, 0.6) is 0 Å². The molecule has 0 aliphatic rings. The summed E-state index contributed by atoms with van der Waals surface area (Å²) < 4.78 is 0. The SMILES string of the molecule is c1ccc2cc(-c3ccnc4[nH]ccc34)ncc2c1. The van der Waals surface area contributed by atoms with Gasteiger partial charge in [0.1, 0.15) is 5.65 Å². The van der Waals surface area contributed by atoms with Gasteiger partial charge in [-0.05, 0) is 23.6 Å². The minimum atomic E-state index is 0.896. The van der Waals surface area contributed by atoms with Gasteiger partial charge in [-0.1, -0.05) is 24.3 Å². The number of rotatable bonds is 1. The molecule has 0 bridgehead atoms. The van der Waals surface area contributed by atoms with Crippen molar-refractivity contribution in [2.45, 2.75) is 0 Å². The van der Waals surface area contributed by atoms with Crippen molar-refractivity contribution in [2.24, 2.45) is 0 Å². The smallest absolute Gasteiger partial charge is 0.137 e. The van der Waals surface area contributed by atoms with Gasteiger partial charge in [0, 0.05) is 34.9 Å². The highest BCUT2D eigenvalue weighted by Gasteiger charge is 2.07. The number of fused-ring (bicyclic) bond motifs is 2. The van der Waals surface area contributed by atoms with Crippen molar-refractivity contribution in [3.63, 3.8) is 0 Å². The Kier molecular flexibility index (Phi) is 2.12. The predicted octanol–water partition coefficient (Wildman–Crippen LogP) is 3.78. The molecule has 1 N–H and O–H groups in total. The fraction of sp³-hybridized carbons (Fsp3) is 0. The Morgan fingerprint density at radius 1 is 0.895 bits per heavy atom. The standard InChI is InChI=1S/C16H11N3/c1-2-4-12-10-19-15(9-11(12)3-1)13-5-7-17-16-14(13)6-8-18-16/h1-10H,(H,17,18). The number of hydrogen-bond donors (Lipinski definition) is 1. The van der Waals surface area contributed by atoms with Crippen molar-refractivity contribution in [3.05, 3.63) is 61.1 Å². The van der Waals surface area contributed by atoms with Gasteiger partial charge < -0.3 is 4.98 Å². The van der Waals surface area contributed by atoms with Crippen molar-refractivity contribution < 1.29 is 0 Å². The molecule has 0 atom stereocenters. The molecular formula is C16H11N3. The Balaban J connectivity index is 2.01. The van der Waals surface area contributed by atoms with Crippen LogP contribution in [-0.2, 0) is 0 Å². The minimum absolute atomic E-state index is 0.896. The predicted molar refractivity (Wildman–Crippen MR) is 76.8 cm³/mol. The molecule has 3 aromatic heterocycles. The molecule has 0 radical (unpaired) electrons. The highest BCUT2D eigenvalue weighted by molar-refractivity contribution is 5.94. The summed E-state index contributed by atoms with van der Waals surface area (Å²) in [5.74, 6) is 0. The van der Waals surface area contributed by atoms with Gasteiger partial charge in [0.05, 0.1) is 5.69 Å². The molecule has 0 saturated carbocycles. The van der Waals surface area contributed by atoms with Crippen molar-refractivity contribution in [2.75, 3.05) is 0 Å². The van der Waals surface area contributed by atoms with Gasteiger partial charge in [-0.2, -0.15) is 0 Å². The number of H-pyrrole nitrogens is 1. The van der Waals surface area contributed by atoms with E-state index in [2.05, 4.69) is 33.2 Å². The van der Waals surface area contributed by atoms with Crippen LogP contribution >= 0.6 is 0 Å². The third-order valence-electron chi connectivity index (χ3n) is 3.37. The van der Waals surface area contributed by atoms with Crippen LogP contribution in [0.1, 0.15) is 0 Å². The molecule has 4 rings (SSSR count). The van der Waals surface area contributed by atoms with Gasteiger partial charge >= 0.3 is 0 Å². The van der Waals surface area contributed by atoms with Gasteiger partial charge in [-0.15, -0.1) is 0 Å². The Bertz CT molecular complexity index is 877. The summed E-state index contributed by atoms with van der Waals surface area (Å²) in [6, 6.07) is 14.4. The van der Waals surface area contributed by atoms with Crippen LogP contribution in [-0.4, -0.2) is 15.0 Å². The minimum Gasteiger partial charge on any atom is -0.346 e. The number of nitrogens with zero attached hydrogens (tertiary/aromatic N) is 2. The molecule has 0 aliphatic heterocycles. The summed E-state index contributed by atoms with van der Waals surface area (Å²) in [5.41, 5.74) is 2.98. The summed E-state index contributed by atoms with van der Waals surface area (Å²) in [5, 5.41) is 3.46. The number of nitrogens with one attached hydrogen (secondary N) is 1. The zero-order valence-corrected chi connectivity index (χ0v) is 10.2. The molecule has 1 aromatic carbocycles. The number of hydrogen-bond acceptors (Lipinski definition) is 2. The average molecular weight is 245 g/mol. The van der Waals surface area contributed by atoms with Crippen molar-refractivity contribution in [1.82, 2.24) is 15.0 Å². The Morgan fingerprint density at radius 3 is 2.74 bits per heavy atom. The van der Waals surface area contributed by atoms with E-state index >= 15 is 0 Å². The summed E-state index contributed by atoms with van der Waals surface area (Å²) in [6.45, 7) is 0. The third-order valence-corrected chi connectivity index (χ3v) is 3.37. The lowest BCUT2D eigenvalue weighted by atomic mass is 10.1. The molecule has 19 heavy (non-hydrogen) atoms. The van der Waals surface area contributed by atoms with E-state index in [4.69, 9.17) is 0 Å². The zero-order chi connectivity index (χ0) is 12.7. The molecule has 0 spiro atoms. The average Bonchev–Trinajstić information content (AvgIpc) is 2.95. The van der Waals surface area contributed by atoms with Gasteiger partial charge in [-0.25, -0.2) is 4.98 Å². The van der Waals surface area contributed by atoms with E-state index in [-0.39, 0.29) is 0 Å². The molecule has 90 valence electrons. The molecule has 0 amide bonds. The first kappa shape index (κ1) is 10.3. The van der Waals surface area contributed by atoms with Gasteiger partial charge in [0.15, 0.2) is 0 Å². The van der Waals surface area contributed by atoms with Crippen LogP contribution < -0.4 is 0 Å². The van der Waals surface area contributed by atoms with Crippen LogP contribution in [0.3, 0.4) is 0 Å². The lowest BCUT2D eigenvalue weighted by Gasteiger charge is -2.04. The van der Waals surface area contributed by atoms with Crippen LogP contribution in [0.15, 0.2) is 61.1 Å². The second-order valence-electron chi connectivity index (χ2n) is 4.52.